The van der Waals surface area contributed by atoms with Gasteiger partial charge in [0.05, 0.1) is 10.6 Å². The molecule has 0 bridgehead atoms. The summed E-state index contributed by atoms with van der Waals surface area (Å²) in [5.74, 6) is -0.835. The lowest BCUT2D eigenvalue weighted by molar-refractivity contribution is -0.139. The van der Waals surface area contributed by atoms with E-state index < -0.39 is 28.5 Å². The van der Waals surface area contributed by atoms with E-state index in [0.29, 0.717) is 5.02 Å². The highest BCUT2D eigenvalue weighted by atomic mass is 79.9. The highest BCUT2D eigenvalue weighted by molar-refractivity contribution is 9.10. The molecule has 38 heavy (non-hydrogen) atoms. The van der Waals surface area contributed by atoms with Gasteiger partial charge in [0.1, 0.15) is 12.6 Å². The zero-order valence-electron chi connectivity index (χ0n) is 21.5. The van der Waals surface area contributed by atoms with Crippen LogP contribution in [0.2, 0.25) is 5.02 Å². The molecule has 0 saturated heterocycles. The first-order valence-corrected chi connectivity index (χ1v) is 14.8. The van der Waals surface area contributed by atoms with Crippen LogP contribution in [0.3, 0.4) is 0 Å². The smallest absolute Gasteiger partial charge is 0.264 e. The summed E-state index contributed by atoms with van der Waals surface area (Å²) in [5, 5.41) is 3.35. The minimum absolute atomic E-state index is 0.0452. The third-order valence-corrected chi connectivity index (χ3v) is 8.67. The molecule has 0 aliphatic carbocycles. The van der Waals surface area contributed by atoms with Crippen LogP contribution in [-0.2, 0) is 26.2 Å². The number of amides is 2. The highest BCUT2D eigenvalue weighted by Crippen LogP contribution is 2.26. The molecule has 1 N–H and O–H groups in total. The Labute approximate surface area is 238 Å². The van der Waals surface area contributed by atoms with E-state index in [4.69, 9.17) is 11.6 Å². The normalized spacial score (nSPS) is 12.9. The van der Waals surface area contributed by atoms with Gasteiger partial charge in [0.2, 0.25) is 11.8 Å². The fourth-order valence-corrected chi connectivity index (χ4v) is 5.74. The summed E-state index contributed by atoms with van der Waals surface area (Å²) in [6.45, 7) is 5.10. The van der Waals surface area contributed by atoms with E-state index >= 15 is 0 Å². The van der Waals surface area contributed by atoms with Crippen molar-refractivity contribution in [1.29, 1.82) is 0 Å². The molecule has 0 fully saturated rings. The summed E-state index contributed by atoms with van der Waals surface area (Å²) < 4.78 is 29.3. The molecule has 7 nitrogen and oxygen atoms in total. The molecule has 0 spiro atoms. The Morgan fingerprint density at radius 3 is 2.24 bits per heavy atom. The van der Waals surface area contributed by atoms with Crippen LogP contribution in [0.15, 0.2) is 88.2 Å². The van der Waals surface area contributed by atoms with Crippen molar-refractivity contribution in [2.75, 3.05) is 10.8 Å². The lowest BCUT2D eigenvalue weighted by atomic mass is 10.1. The number of hydrogen-bond acceptors (Lipinski definition) is 4. The number of benzene rings is 3. The molecule has 0 heterocycles. The van der Waals surface area contributed by atoms with Crippen LogP contribution in [0.1, 0.15) is 32.8 Å². The molecule has 3 rings (SSSR count). The van der Waals surface area contributed by atoms with Crippen LogP contribution >= 0.6 is 27.5 Å². The third kappa shape index (κ3) is 7.58. The van der Waals surface area contributed by atoms with Gasteiger partial charge >= 0.3 is 0 Å². The number of carbonyl (C=O) groups excluding carboxylic acids is 2. The second kappa shape index (κ2) is 13.3. The van der Waals surface area contributed by atoms with E-state index in [1.807, 2.05) is 38.1 Å². The standard InChI is InChI=1S/C28H31BrClN3O4S/c1-4-20(2)31-28(35)21(3)32(18-22-9-8-10-23(29)17-22)27(34)19-33(25-15-13-24(30)14-16-25)38(36,37)26-11-6-5-7-12-26/h5-17,20-21H,4,18-19H2,1-3H3,(H,31,35)/t20-,21+/m1/s1. The number of sulfonamides is 1. The number of halogens is 2. The van der Waals surface area contributed by atoms with Gasteiger partial charge in [-0.25, -0.2) is 8.42 Å². The van der Waals surface area contributed by atoms with E-state index in [1.54, 1.807) is 49.4 Å². The van der Waals surface area contributed by atoms with Crippen LogP contribution in [0.5, 0.6) is 0 Å². The van der Waals surface area contributed by atoms with Crippen molar-refractivity contribution in [2.24, 2.45) is 0 Å². The SMILES string of the molecule is CC[C@@H](C)NC(=O)[C@H](C)N(Cc1cccc(Br)c1)C(=O)CN(c1ccc(Cl)cc1)S(=O)(=O)c1ccccc1. The number of nitrogens with one attached hydrogen (secondary N) is 1. The summed E-state index contributed by atoms with van der Waals surface area (Å²) in [5.41, 5.74) is 1.07. The molecule has 0 saturated carbocycles. The van der Waals surface area contributed by atoms with Crippen LogP contribution in [0.4, 0.5) is 5.69 Å². The van der Waals surface area contributed by atoms with Gasteiger partial charge in [0, 0.05) is 22.1 Å². The average Bonchev–Trinajstić information content (AvgIpc) is 2.90. The molecule has 3 aromatic rings. The average molecular weight is 621 g/mol. The van der Waals surface area contributed by atoms with E-state index in [9.17, 15) is 18.0 Å². The van der Waals surface area contributed by atoms with Gasteiger partial charge in [0.25, 0.3) is 10.0 Å². The maximum Gasteiger partial charge on any atom is 0.264 e. The van der Waals surface area contributed by atoms with Crippen molar-refractivity contribution in [3.8, 4) is 0 Å². The maximum absolute atomic E-state index is 13.9. The molecule has 202 valence electrons. The zero-order chi connectivity index (χ0) is 27.9. The summed E-state index contributed by atoms with van der Waals surface area (Å²) in [6, 6.07) is 20.6. The number of rotatable bonds is 11. The van der Waals surface area contributed by atoms with Crippen LogP contribution < -0.4 is 9.62 Å². The van der Waals surface area contributed by atoms with Crippen LogP contribution in [0.25, 0.3) is 0 Å². The molecule has 2 amide bonds. The van der Waals surface area contributed by atoms with Gasteiger partial charge < -0.3 is 10.2 Å². The van der Waals surface area contributed by atoms with Crippen molar-refractivity contribution in [3.05, 3.63) is 93.9 Å². The van der Waals surface area contributed by atoms with Crippen molar-refractivity contribution in [1.82, 2.24) is 10.2 Å². The predicted molar refractivity (Wildman–Crippen MR) is 154 cm³/mol. The maximum atomic E-state index is 13.9. The van der Waals surface area contributed by atoms with Crippen molar-refractivity contribution in [2.45, 2.75) is 50.7 Å². The first-order valence-electron chi connectivity index (χ1n) is 12.2. The van der Waals surface area contributed by atoms with Crippen molar-refractivity contribution < 1.29 is 18.0 Å². The Balaban J connectivity index is 2.01. The van der Waals surface area contributed by atoms with Gasteiger partial charge in [-0.15, -0.1) is 0 Å². The predicted octanol–water partition coefficient (Wildman–Crippen LogP) is 5.63. The number of carbonyl (C=O) groups is 2. The Kier molecular flexibility index (Phi) is 10.4. The third-order valence-electron chi connectivity index (χ3n) is 6.13. The second-order valence-corrected chi connectivity index (χ2v) is 12.2. The van der Waals surface area contributed by atoms with E-state index in [-0.39, 0.29) is 29.1 Å². The van der Waals surface area contributed by atoms with Gasteiger partial charge in [-0.1, -0.05) is 64.8 Å². The topological polar surface area (TPSA) is 86.8 Å². The first-order chi connectivity index (χ1) is 18.0. The second-order valence-electron chi connectivity index (χ2n) is 8.95. The summed E-state index contributed by atoms with van der Waals surface area (Å²) in [6.07, 6.45) is 0.734. The quantitative estimate of drug-likeness (QED) is 0.301. The van der Waals surface area contributed by atoms with Crippen LogP contribution in [-0.4, -0.2) is 43.8 Å². The summed E-state index contributed by atoms with van der Waals surface area (Å²) >= 11 is 9.49. The molecule has 10 heteroatoms. The molecular formula is C28H31BrClN3O4S. The summed E-state index contributed by atoms with van der Waals surface area (Å²) in [7, 11) is -4.11. The molecule has 0 unspecified atom stereocenters. The monoisotopic (exact) mass is 619 g/mol. The van der Waals surface area contributed by atoms with Gasteiger partial charge in [-0.2, -0.15) is 0 Å². The minimum Gasteiger partial charge on any atom is -0.352 e. The fourth-order valence-electron chi connectivity index (χ4n) is 3.74. The van der Waals surface area contributed by atoms with E-state index in [0.717, 1.165) is 20.8 Å². The van der Waals surface area contributed by atoms with E-state index in [2.05, 4.69) is 21.2 Å². The van der Waals surface area contributed by atoms with Gasteiger partial charge in [-0.05, 0) is 74.4 Å². The Bertz CT molecular complexity index is 1350. The Morgan fingerprint density at radius 1 is 0.974 bits per heavy atom. The highest BCUT2D eigenvalue weighted by Gasteiger charge is 2.32. The first kappa shape index (κ1) is 29.7. The largest absolute Gasteiger partial charge is 0.352 e. The Morgan fingerprint density at radius 2 is 1.63 bits per heavy atom. The van der Waals surface area contributed by atoms with E-state index in [1.165, 1.54) is 17.0 Å². The van der Waals surface area contributed by atoms with Crippen LogP contribution in [0, 0.1) is 0 Å². The lowest BCUT2D eigenvalue weighted by Crippen LogP contribution is -2.52. The lowest BCUT2D eigenvalue weighted by Gasteiger charge is -2.32. The fraction of sp³-hybridized carbons (Fsp3) is 0.286. The number of hydrogen-bond donors (Lipinski definition) is 1. The van der Waals surface area contributed by atoms with Gasteiger partial charge in [0.15, 0.2) is 0 Å². The molecule has 0 aliphatic rings. The number of nitrogens with zero attached hydrogens (tertiary/aromatic N) is 2. The number of anilines is 1. The molecule has 3 aromatic carbocycles. The molecule has 0 aromatic heterocycles. The molecule has 0 aliphatic heterocycles. The molecule has 0 radical (unpaired) electrons. The summed E-state index contributed by atoms with van der Waals surface area (Å²) in [4.78, 5) is 28.4. The molecule has 2 atom stereocenters. The van der Waals surface area contributed by atoms with Gasteiger partial charge in [-0.3, -0.25) is 13.9 Å². The Hall–Kier alpha value is -2.88. The van der Waals surface area contributed by atoms with Crippen molar-refractivity contribution >= 4 is 55.1 Å². The zero-order valence-corrected chi connectivity index (χ0v) is 24.6. The molecular weight excluding hydrogens is 590 g/mol. The van der Waals surface area contributed by atoms with Crippen molar-refractivity contribution in [3.63, 3.8) is 0 Å². The minimum atomic E-state index is -4.11.